The standard InChI is InChI=1S/C21H22N2O4/c1-25-17-3-5-19-13(9-17)8-16(23-19)11-22-21(24)15-7-14-10-18(26-2)4-6-20(14)27-12-15/h3-6,8-10,15,23H,7,11-12H2,1-2H3,(H,22,24)/t15-/m0/s1. The summed E-state index contributed by atoms with van der Waals surface area (Å²) in [5, 5.41) is 4.06. The highest BCUT2D eigenvalue weighted by Gasteiger charge is 2.26. The maximum absolute atomic E-state index is 12.6. The van der Waals surface area contributed by atoms with Crippen LogP contribution in [-0.4, -0.2) is 31.7 Å². The van der Waals surface area contributed by atoms with Crippen molar-refractivity contribution in [2.45, 2.75) is 13.0 Å². The van der Waals surface area contributed by atoms with E-state index in [4.69, 9.17) is 14.2 Å². The number of aromatic nitrogens is 1. The number of nitrogens with one attached hydrogen (secondary N) is 2. The van der Waals surface area contributed by atoms with Crippen molar-refractivity contribution < 1.29 is 19.0 Å². The fraction of sp³-hybridized carbons (Fsp3) is 0.286. The molecule has 0 saturated carbocycles. The van der Waals surface area contributed by atoms with Gasteiger partial charge in [0.15, 0.2) is 0 Å². The fourth-order valence-corrected chi connectivity index (χ4v) is 3.39. The Balaban J connectivity index is 1.41. The normalized spacial score (nSPS) is 15.7. The lowest BCUT2D eigenvalue weighted by atomic mass is 9.96. The van der Waals surface area contributed by atoms with Crippen LogP contribution in [0.4, 0.5) is 0 Å². The number of benzene rings is 2. The Morgan fingerprint density at radius 2 is 1.93 bits per heavy atom. The monoisotopic (exact) mass is 366 g/mol. The minimum Gasteiger partial charge on any atom is -0.497 e. The SMILES string of the molecule is COc1ccc2c(c1)C[C@H](C(=O)NCc1cc3cc(OC)ccc3[nH]1)CO2. The molecule has 0 saturated heterocycles. The second-order valence-electron chi connectivity index (χ2n) is 6.65. The van der Waals surface area contributed by atoms with Gasteiger partial charge in [0.25, 0.3) is 0 Å². The minimum absolute atomic E-state index is 0.0142. The van der Waals surface area contributed by atoms with E-state index in [0.717, 1.165) is 39.4 Å². The largest absolute Gasteiger partial charge is 0.497 e. The van der Waals surface area contributed by atoms with E-state index >= 15 is 0 Å². The van der Waals surface area contributed by atoms with E-state index in [1.807, 2.05) is 42.5 Å². The number of methoxy groups -OCH3 is 2. The Hall–Kier alpha value is -3.15. The first-order valence-corrected chi connectivity index (χ1v) is 8.89. The highest BCUT2D eigenvalue weighted by atomic mass is 16.5. The van der Waals surface area contributed by atoms with Crippen LogP contribution in [0.2, 0.25) is 0 Å². The van der Waals surface area contributed by atoms with Gasteiger partial charge < -0.3 is 24.5 Å². The van der Waals surface area contributed by atoms with E-state index in [0.29, 0.717) is 19.6 Å². The van der Waals surface area contributed by atoms with E-state index in [1.165, 1.54) is 0 Å². The molecule has 0 spiro atoms. The van der Waals surface area contributed by atoms with Crippen molar-refractivity contribution in [2.75, 3.05) is 20.8 Å². The summed E-state index contributed by atoms with van der Waals surface area (Å²) in [6, 6.07) is 13.6. The number of aromatic amines is 1. The van der Waals surface area contributed by atoms with Crippen molar-refractivity contribution in [2.24, 2.45) is 5.92 Å². The third kappa shape index (κ3) is 3.56. The van der Waals surface area contributed by atoms with Crippen molar-refractivity contribution in [3.63, 3.8) is 0 Å². The highest BCUT2D eigenvalue weighted by Crippen LogP contribution is 2.30. The molecule has 1 aliphatic rings. The van der Waals surface area contributed by atoms with Gasteiger partial charge in [0.05, 0.1) is 26.7 Å². The van der Waals surface area contributed by atoms with Gasteiger partial charge in [0.1, 0.15) is 23.9 Å². The van der Waals surface area contributed by atoms with Crippen LogP contribution in [0.1, 0.15) is 11.3 Å². The predicted octanol–water partition coefficient (Wildman–Crippen LogP) is 3.05. The van der Waals surface area contributed by atoms with Crippen LogP contribution in [0.5, 0.6) is 17.2 Å². The van der Waals surface area contributed by atoms with Crippen LogP contribution >= 0.6 is 0 Å². The lowest BCUT2D eigenvalue weighted by Gasteiger charge is -2.25. The zero-order valence-corrected chi connectivity index (χ0v) is 15.4. The lowest BCUT2D eigenvalue weighted by molar-refractivity contribution is -0.126. The van der Waals surface area contributed by atoms with E-state index in [-0.39, 0.29) is 11.8 Å². The van der Waals surface area contributed by atoms with E-state index in [2.05, 4.69) is 10.3 Å². The van der Waals surface area contributed by atoms with Crippen LogP contribution < -0.4 is 19.5 Å². The minimum atomic E-state index is -0.214. The summed E-state index contributed by atoms with van der Waals surface area (Å²) >= 11 is 0. The lowest BCUT2D eigenvalue weighted by Crippen LogP contribution is -2.37. The number of H-pyrrole nitrogens is 1. The first-order valence-electron chi connectivity index (χ1n) is 8.89. The van der Waals surface area contributed by atoms with Gasteiger partial charge in [-0.3, -0.25) is 4.79 Å². The molecular formula is C21H22N2O4. The number of rotatable bonds is 5. The Labute approximate surface area is 157 Å². The van der Waals surface area contributed by atoms with Crippen LogP contribution in [0.15, 0.2) is 42.5 Å². The van der Waals surface area contributed by atoms with Crippen LogP contribution in [-0.2, 0) is 17.8 Å². The predicted molar refractivity (Wildman–Crippen MR) is 102 cm³/mol. The van der Waals surface area contributed by atoms with E-state index in [1.54, 1.807) is 14.2 Å². The second-order valence-corrected chi connectivity index (χ2v) is 6.65. The number of amides is 1. The summed E-state index contributed by atoms with van der Waals surface area (Å²) in [5.41, 5.74) is 2.96. The molecule has 6 heteroatoms. The first kappa shape index (κ1) is 17.3. The number of ether oxygens (including phenoxy) is 3. The molecule has 1 atom stereocenters. The molecule has 6 nitrogen and oxygen atoms in total. The van der Waals surface area contributed by atoms with Crippen LogP contribution in [0, 0.1) is 5.92 Å². The van der Waals surface area contributed by atoms with Crippen LogP contribution in [0.3, 0.4) is 0 Å². The molecule has 140 valence electrons. The van der Waals surface area contributed by atoms with Crippen molar-refractivity contribution in [3.05, 3.63) is 53.7 Å². The summed E-state index contributed by atoms with van der Waals surface area (Å²) < 4.78 is 16.2. The molecule has 0 unspecified atom stereocenters. The molecule has 0 aliphatic carbocycles. The Morgan fingerprint density at radius 3 is 2.74 bits per heavy atom. The topological polar surface area (TPSA) is 72.6 Å². The third-order valence-corrected chi connectivity index (χ3v) is 4.88. The van der Waals surface area contributed by atoms with Crippen molar-refractivity contribution in [1.82, 2.24) is 10.3 Å². The van der Waals surface area contributed by atoms with Gasteiger partial charge in [-0.15, -0.1) is 0 Å². The van der Waals surface area contributed by atoms with E-state index < -0.39 is 0 Å². The maximum Gasteiger partial charge on any atom is 0.227 e. The van der Waals surface area contributed by atoms with Gasteiger partial charge in [-0.1, -0.05) is 0 Å². The highest BCUT2D eigenvalue weighted by molar-refractivity contribution is 5.83. The van der Waals surface area contributed by atoms with Crippen molar-refractivity contribution in [1.29, 1.82) is 0 Å². The number of hydrogen-bond donors (Lipinski definition) is 2. The number of carbonyl (C=O) groups is 1. The molecule has 1 amide bonds. The van der Waals surface area contributed by atoms with Gasteiger partial charge in [0.2, 0.25) is 5.91 Å². The Bertz CT molecular complexity index is 979. The van der Waals surface area contributed by atoms with E-state index in [9.17, 15) is 4.79 Å². The third-order valence-electron chi connectivity index (χ3n) is 4.88. The Morgan fingerprint density at radius 1 is 1.15 bits per heavy atom. The molecule has 0 radical (unpaired) electrons. The summed E-state index contributed by atoms with van der Waals surface area (Å²) in [6.45, 7) is 0.826. The molecule has 2 aromatic carbocycles. The summed E-state index contributed by atoms with van der Waals surface area (Å²) in [4.78, 5) is 15.9. The Kier molecular flexibility index (Phi) is 4.62. The first-order chi connectivity index (χ1) is 13.2. The number of fused-ring (bicyclic) bond motifs is 2. The summed E-state index contributed by atoms with van der Waals surface area (Å²) in [5.74, 6) is 2.18. The smallest absolute Gasteiger partial charge is 0.227 e. The zero-order chi connectivity index (χ0) is 18.8. The molecule has 0 fully saturated rings. The van der Waals surface area contributed by atoms with Gasteiger partial charge in [-0.2, -0.15) is 0 Å². The molecule has 3 aromatic rings. The van der Waals surface area contributed by atoms with Gasteiger partial charge in [0, 0.05) is 16.6 Å². The van der Waals surface area contributed by atoms with Crippen LogP contribution in [0.25, 0.3) is 10.9 Å². The van der Waals surface area contributed by atoms with Gasteiger partial charge in [-0.25, -0.2) is 0 Å². The summed E-state index contributed by atoms with van der Waals surface area (Å²) in [7, 11) is 3.28. The molecule has 1 aliphatic heterocycles. The summed E-state index contributed by atoms with van der Waals surface area (Å²) in [6.07, 6.45) is 0.641. The fourth-order valence-electron chi connectivity index (χ4n) is 3.39. The molecule has 2 N–H and O–H groups in total. The average molecular weight is 366 g/mol. The second kappa shape index (κ2) is 7.23. The molecule has 2 heterocycles. The zero-order valence-electron chi connectivity index (χ0n) is 15.4. The molecule has 1 aromatic heterocycles. The van der Waals surface area contributed by atoms with Gasteiger partial charge >= 0.3 is 0 Å². The van der Waals surface area contributed by atoms with Gasteiger partial charge in [-0.05, 0) is 54.4 Å². The molecule has 0 bridgehead atoms. The number of hydrogen-bond acceptors (Lipinski definition) is 4. The maximum atomic E-state index is 12.6. The quantitative estimate of drug-likeness (QED) is 0.728. The molecule has 27 heavy (non-hydrogen) atoms. The van der Waals surface area contributed by atoms with Crippen molar-refractivity contribution in [3.8, 4) is 17.2 Å². The average Bonchev–Trinajstić information content (AvgIpc) is 3.13. The van der Waals surface area contributed by atoms with Crippen molar-refractivity contribution >= 4 is 16.8 Å². The number of carbonyl (C=O) groups excluding carboxylic acids is 1. The molecular weight excluding hydrogens is 344 g/mol. The molecule has 4 rings (SSSR count).